The van der Waals surface area contributed by atoms with Gasteiger partial charge in [-0.2, -0.15) is 5.10 Å². The summed E-state index contributed by atoms with van der Waals surface area (Å²) in [5.41, 5.74) is 2.11. The van der Waals surface area contributed by atoms with E-state index in [4.69, 9.17) is 21.4 Å². The molecule has 12 heteroatoms. The number of ether oxygens (including phenoxy) is 1. The number of methoxy groups -OCH3 is 1. The van der Waals surface area contributed by atoms with Crippen molar-refractivity contribution < 1.29 is 29.0 Å². The fourth-order valence-electron chi connectivity index (χ4n) is 9.03. The zero-order valence-electron chi connectivity index (χ0n) is 28.8. The average molecular weight is 725 g/mol. The van der Waals surface area contributed by atoms with Crippen molar-refractivity contribution in [1.29, 1.82) is 0 Å². The van der Waals surface area contributed by atoms with Crippen molar-refractivity contribution in [2.75, 3.05) is 18.6 Å². The third kappa shape index (κ3) is 4.77. The molecule has 8 rings (SSSR count). The second-order valence-electron chi connectivity index (χ2n) is 14.1. The van der Waals surface area contributed by atoms with Crippen molar-refractivity contribution in [2.45, 2.75) is 33.6 Å². The number of imide groups is 2. The maximum absolute atomic E-state index is 14.9. The van der Waals surface area contributed by atoms with E-state index in [1.54, 1.807) is 48.2 Å². The van der Waals surface area contributed by atoms with Crippen LogP contribution in [0.2, 0.25) is 5.02 Å². The lowest BCUT2D eigenvalue weighted by atomic mass is 9.52. The highest BCUT2D eigenvalue weighted by atomic mass is 35.5. The van der Waals surface area contributed by atoms with Crippen LogP contribution in [0.25, 0.3) is 26.7 Å². The molecule has 4 aromatic rings. The maximum atomic E-state index is 14.9. The monoisotopic (exact) mass is 724 g/mol. The van der Waals surface area contributed by atoms with Crippen LogP contribution < -0.4 is 9.64 Å². The van der Waals surface area contributed by atoms with E-state index < -0.39 is 29.1 Å². The molecule has 10 nitrogen and oxygen atoms in total. The minimum atomic E-state index is -1.19. The first-order valence-corrected chi connectivity index (χ1v) is 18.3. The Morgan fingerprint density at radius 3 is 2.61 bits per heavy atom. The summed E-state index contributed by atoms with van der Waals surface area (Å²) in [6.07, 6.45) is 6.50. The number of likely N-dealkylation sites (tertiary alicyclic amines) is 1. The Balaban J connectivity index is 1.23. The molecular weight excluding hydrogens is 688 g/mol. The van der Waals surface area contributed by atoms with Gasteiger partial charge in [0.15, 0.2) is 11.5 Å². The lowest BCUT2D eigenvalue weighted by Gasteiger charge is -2.47. The van der Waals surface area contributed by atoms with E-state index in [2.05, 4.69) is 0 Å². The Labute approximate surface area is 303 Å². The van der Waals surface area contributed by atoms with Crippen molar-refractivity contribution in [1.82, 2.24) is 14.7 Å². The van der Waals surface area contributed by atoms with E-state index in [9.17, 15) is 24.3 Å². The van der Waals surface area contributed by atoms with E-state index in [1.165, 1.54) is 23.0 Å². The molecule has 2 aliphatic carbocycles. The normalized spacial score (nSPS) is 27.4. The predicted molar refractivity (Wildman–Crippen MR) is 195 cm³/mol. The summed E-state index contributed by atoms with van der Waals surface area (Å²) < 4.78 is 7.96. The van der Waals surface area contributed by atoms with Gasteiger partial charge in [-0.15, -0.1) is 11.3 Å². The predicted octanol–water partition coefficient (Wildman–Crippen LogP) is 6.77. The van der Waals surface area contributed by atoms with Crippen LogP contribution in [0.15, 0.2) is 60.2 Å². The number of allylic oxidation sites excluding steroid dienone is 3. The van der Waals surface area contributed by atoms with E-state index in [-0.39, 0.29) is 41.7 Å². The molecule has 3 fully saturated rings. The summed E-state index contributed by atoms with van der Waals surface area (Å²) in [5.74, 6) is -3.13. The molecule has 6 atom stereocenters. The van der Waals surface area contributed by atoms with Crippen LogP contribution >= 0.6 is 22.9 Å². The number of hydrogen-bond donors (Lipinski definition) is 1. The highest BCUT2D eigenvalue weighted by Gasteiger charge is 2.67. The third-order valence-corrected chi connectivity index (χ3v) is 13.2. The molecule has 2 aromatic heterocycles. The van der Waals surface area contributed by atoms with Crippen LogP contribution in [0.1, 0.15) is 37.8 Å². The minimum absolute atomic E-state index is 0.00252. The van der Waals surface area contributed by atoms with Gasteiger partial charge in [-0.1, -0.05) is 41.5 Å². The molecule has 1 saturated carbocycles. The molecule has 2 saturated heterocycles. The average Bonchev–Trinajstić information content (AvgIpc) is 3.78. The zero-order chi connectivity index (χ0) is 36.1. The first kappa shape index (κ1) is 33.4. The number of benzene rings is 2. The number of fused-ring (bicyclic) bond motifs is 5. The van der Waals surface area contributed by atoms with Gasteiger partial charge in [0, 0.05) is 35.3 Å². The number of anilines is 1. The summed E-state index contributed by atoms with van der Waals surface area (Å²) in [4.78, 5) is 60.2. The molecule has 0 unspecified atom stereocenters. The number of hydrogen-bond acceptors (Lipinski definition) is 8. The number of rotatable bonds is 6. The van der Waals surface area contributed by atoms with Crippen molar-refractivity contribution in [3.8, 4) is 22.1 Å². The number of amides is 4. The van der Waals surface area contributed by atoms with Gasteiger partial charge in [0.05, 0.1) is 35.2 Å². The summed E-state index contributed by atoms with van der Waals surface area (Å²) in [5, 5.41) is 16.6. The Morgan fingerprint density at radius 1 is 1.08 bits per heavy atom. The molecule has 0 bridgehead atoms. The number of halogens is 1. The summed E-state index contributed by atoms with van der Waals surface area (Å²) in [6, 6.07) is 12.5. The number of aryl methyl sites for hydroxylation is 2. The highest BCUT2D eigenvalue weighted by Crippen LogP contribution is 2.61. The second kappa shape index (κ2) is 11.9. The van der Waals surface area contributed by atoms with E-state index in [1.807, 2.05) is 50.3 Å². The molecule has 4 heterocycles. The summed E-state index contributed by atoms with van der Waals surface area (Å²) in [7, 11) is 3.20. The Morgan fingerprint density at radius 2 is 1.86 bits per heavy atom. The molecule has 4 aliphatic rings. The van der Waals surface area contributed by atoms with Gasteiger partial charge in [-0.3, -0.25) is 28.8 Å². The van der Waals surface area contributed by atoms with Crippen LogP contribution in [0.5, 0.6) is 11.5 Å². The van der Waals surface area contributed by atoms with Crippen LogP contribution in [-0.4, -0.2) is 57.1 Å². The number of carbonyl (C=O) groups is 4. The Hall–Kier alpha value is -4.74. The molecule has 262 valence electrons. The van der Waals surface area contributed by atoms with E-state index >= 15 is 0 Å². The summed E-state index contributed by atoms with van der Waals surface area (Å²) >= 11 is 7.88. The molecule has 0 spiro atoms. The van der Waals surface area contributed by atoms with Gasteiger partial charge >= 0.3 is 0 Å². The Kier molecular flexibility index (Phi) is 7.81. The van der Waals surface area contributed by atoms with Gasteiger partial charge in [-0.25, -0.2) is 4.90 Å². The van der Waals surface area contributed by atoms with Crippen molar-refractivity contribution >= 4 is 68.5 Å². The number of thiophene rings is 1. The van der Waals surface area contributed by atoms with Gasteiger partial charge < -0.3 is 9.84 Å². The molecule has 1 N–H and O–H groups in total. The summed E-state index contributed by atoms with van der Waals surface area (Å²) in [6.45, 7) is 5.95. The van der Waals surface area contributed by atoms with Crippen molar-refractivity contribution in [2.24, 2.45) is 42.1 Å². The largest absolute Gasteiger partial charge is 0.504 e. The maximum Gasteiger partial charge on any atom is 0.242 e. The number of carbonyl (C=O) groups excluding carboxylic acids is 4. The lowest BCUT2D eigenvalue weighted by Crippen LogP contribution is -2.49. The van der Waals surface area contributed by atoms with Gasteiger partial charge in [0.1, 0.15) is 11.5 Å². The number of phenolic OH excluding ortho intramolecular Hbond substituents is 1. The van der Waals surface area contributed by atoms with E-state index in [0.717, 1.165) is 31.7 Å². The number of phenols is 1. The molecule has 2 aromatic carbocycles. The number of aromatic hydroxyl groups is 1. The SMILES string of the molecule is CCN1C(=O)[C@H]2[C@H](CC=C3[C@H]2C[C@H]2C(=O)N(c4cc(-c5sc6ccc(Cl)cc6c5C)nn4C)C(=O)[C@@]2(C)[C@H]3C=Cc2ccc(O)c(OC)c2)C1=O. The van der Waals surface area contributed by atoms with E-state index in [0.29, 0.717) is 35.2 Å². The zero-order valence-corrected chi connectivity index (χ0v) is 30.4. The van der Waals surface area contributed by atoms with Crippen molar-refractivity contribution in [3.05, 3.63) is 76.3 Å². The lowest BCUT2D eigenvalue weighted by molar-refractivity contribution is -0.140. The third-order valence-electron chi connectivity index (χ3n) is 11.7. The van der Waals surface area contributed by atoms with Gasteiger partial charge in [0.2, 0.25) is 23.6 Å². The quantitative estimate of drug-likeness (QED) is 0.172. The van der Waals surface area contributed by atoms with Gasteiger partial charge in [0.25, 0.3) is 0 Å². The molecule has 2 aliphatic heterocycles. The molecule has 51 heavy (non-hydrogen) atoms. The smallest absolute Gasteiger partial charge is 0.242 e. The van der Waals surface area contributed by atoms with Crippen LogP contribution in [0, 0.1) is 41.9 Å². The second-order valence-corrected chi connectivity index (χ2v) is 15.6. The van der Waals surface area contributed by atoms with Gasteiger partial charge in [-0.05, 0) is 86.4 Å². The topological polar surface area (TPSA) is 122 Å². The highest BCUT2D eigenvalue weighted by molar-refractivity contribution is 7.22. The number of aromatic nitrogens is 2. The van der Waals surface area contributed by atoms with Crippen LogP contribution in [-0.2, 0) is 26.2 Å². The molecule has 4 amide bonds. The fourth-order valence-corrected chi connectivity index (χ4v) is 10.4. The standard InChI is InChI=1S/C39H37ClN4O6S/c1-6-43-35(46)23-11-10-22-25(33(23)37(43)48)17-27-36(47)44(38(49)39(27,3)26(22)12-7-20-8-13-29(45)30(15-20)50-5)32-18-28(41-42(32)4)34-19(2)24-16-21(40)9-14-31(24)51-34/h7-10,12-16,18,23,25-27,33,45H,6,11,17H2,1-5H3/t23-,25+,26-,27-,33-,39-/m0/s1. The Bertz CT molecular complexity index is 2250. The number of nitrogens with zero attached hydrogens (tertiary/aromatic N) is 4. The first-order chi connectivity index (χ1) is 24.4. The van der Waals surface area contributed by atoms with Crippen molar-refractivity contribution in [3.63, 3.8) is 0 Å². The molecule has 0 radical (unpaired) electrons. The fraction of sp³-hybridized carbons (Fsp3) is 0.359. The molecular formula is C39H37ClN4O6S. The first-order valence-electron chi connectivity index (χ1n) is 17.1. The minimum Gasteiger partial charge on any atom is -0.504 e. The van der Waals surface area contributed by atoms with Crippen LogP contribution in [0.3, 0.4) is 0 Å². The van der Waals surface area contributed by atoms with Crippen LogP contribution in [0.4, 0.5) is 5.82 Å².